The first-order valence-electron chi connectivity index (χ1n) is 5.16. The molecule has 3 N–H and O–H groups in total. The van der Waals surface area contributed by atoms with Crippen molar-refractivity contribution in [2.24, 2.45) is 5.73 Å². The molecule has 5 nitrogen and oxygen atoms in total. The second-order valence-corrected chi connectivity index (χ2v) is 6.83. The summed E-state index contributed by atoms with van der Waals surface area (Å²) in [7, 11) is -3.11. The third-order valence-corrected chi connectivity index (χ3v) is 5.34. The third-order valence-electron chi connectivity index (χ3n) is 3.60. The van der Waals surface area contributed by atoms with Crippen molar-refractivity contribution in [2.45, 2.75) is 30.4 Å². The van der Waals surface area contributed by atoms with Crippen LogP contribution in [0.5, 0.6) is 0 Å². The van der Waals surface area contributed by atoms with Crippen LogP contribution in [-0.2, 0) is 14.6 Å². The van der Waals surface area contributed by atoms with E-state index >= 15 is 0 Å². The predicted octanol–water partition coefficient (Wildman–Crippen LogP) is -0.956. The van der Waals surface area contributed by atoms with Crippen LogP contribution in [0.1, 0.15) is 19.3 Å². The summed E-state index contributed by atoms with van der Waals surface area (Å²) in [6.07, 6.45) is 1.31. The highest BCUT2D eigenvalue weighted by atomic mass is 32.2. The highest BCUT2D eigenvalue weighted by Gasteiger charge is 2.54. The molecule has 88 valence electrons. The summed E-state index contributed by atoms with van der Waals surface area (Å²) < 4.78 is 27.9. The molecule has 2 heterocycles. The number of sulfone groups is 1. The zero-order chi connectivity index (χ0) is 11.2. The van der Waals surface area contributed by atoms with Crippen LogP contribution in [0.2, 0.25) is 0 Å². The van der Waals surface area contributed by atoms with Crippen LogP contribution in [0.4, 0.5) is 0 Å². The van der Waals surface area contributed by atoms with Gasteiger partial charge in [0.1, 0.15) is 0 Å². The van der Waals surface area contributed by atoms with Crippen molar-refractivity contribution in [1.82, 2.24) is 0 Å². The van der Waals surface area contributed by atoms with E-state index < -0.39 is 21.0 Å². The standard InChI is InChI=1S/C9H17NO4S/c10-8(1-4-14-5-2-8)9(11)3-6-15(12,13)7-9/h11H,1-7,10H2. The molecular weight excluding hydrogens is 218 g/mol. The first-order valence-corrected chi connectivity index (χ1v) is 6.99. The van der Waals surface area contributed by atoms with Gasteiger partial charge in [0, 0.05) is 13.2 Å². The van der Waals surface area contributed by atoms with Crippen LogP contribution in [0.25, 0.3) is 0 Å². The second-order valence-electron chi connectivity index (χ2n) is 4.64. The Kier molecular flexibility index (Phi) is 2.57. The van der Waals surface area contributed by atoms with Crippen LogP contribution in [0, 0.1) is 0 Å². The average molecular weight is 235 g/mol. The van der Waals surface area contributed by atoms with Gasteiger partial charge in [-0.05, 0) is 19.3 Å². The maximum atomic E-state index is 11.4. The molecule has 0 aromatic rings. The van der Waals surface area contributed by atoms with Gasteiger partial charge in [0.15, 0.2) is 9.84 Å². The second kappa shape index (κ2) is 3.41. The Balaban J connectivity index is 2.22. The van der Waals surface area contributed by atoms with E-state index in [4.69, 9.17) is 10.5 Å². The molecule has 2 aliphatic rings. The number of hydrogen-bond acceptors (Lipinski definition) is 5. The molecule has 0 aliphatic carbocycles. The number of rotatable bonds is 1. The Hall–Kier alpha value is -0.170. The van der Waals surface area contributed by atoms with E-state index in [2.05, 4.69) is 0 Å². The van der Waals surface area contributed by atoms with Gasteiger partial charge in [-0.2, -0.15) is 0 Å². The summed E-state index contributed by atoms with van der Waals surface area (Å²) >= 11 is 0. The number of aliphatic hydroxyl groups is 1. The zero-order valence-corrected chi connectivity index (χ0v) is 9.42. The zero-order valence-electron chi connectivity index (χ0n) is 8.61. The Labute approximate surface area is 89.5 Å². The summed E-state index contributed by atoms with van der Waals surface area (Å²) in [5.41, 5.74) is 4.07. The molecule has 2 fully saturated rings. The number of ether oxygens (including phenoxy) is 1. The third kappa shape index (κ3) is 1.91. The normalized spacial score (nSPS) is 39.1. The lowest BCUT2D eigenvalue weighted by Crippen LogP contribution is -2.63. The fraction of sp³-hybridized carbons (Fsp3) is 1.00. The SMILES string of the molecule is NC1(C2(O)CCS(=O)(=O)C2)CCOCC1. The molecule has 1 atom stereocenters. The summed E-state index contributed by atoms with van der Waals surface area (Å²) in [5.74, 6) is -0.153. The molecule has 0 amide bonds. The fourth-order valence-corrected chi connectivity index (χ4v) is 4.38. The molecule has 2 aliphatic heterocycles. The lowest BCUT2D eigenvalue weighted by molar-refractivity contribution is -0.0666. The minimum atomic E-state index is -3.11. The highest BCUT2D eigenvalue weighted by molar-refractivity contribution is 7.91. The summed E-state index contributed by atoms with van der Waals surface area (Å²) in [5, 5.41) is 10.4. The Morgan fingerprint density at radius 3 is 2.27 bits per heavy atom. The Bertz CT molecular complexity index is 347. The molecule has 0 aromatic carbocycles. The van der Waals surface area contributed by atoms with Crippen molar-refractivity contribution < 1.29 is 18.3 Å². The molecule has 0 saturated carbocycles. The van der Waals surface area contributed by atoms with Gasteiger partial charge in [-0.1, -0.05) is 0 Å². The maximum Gasteiger partial charge on any atom is 0.153 e. The topological polar surface area (TPSA) is 89.6 Å². The van der Waals surface area contributed by atoms with Gasteiger partial charge >= 0.3 is 0 Å². The molecule has 0 spiro atoms. The van der Waals surface area contributed by atoms with Gasteiger partial charge < -0.3 is 15.6 Å². The fourth-order valence-electron chi connectivity index (χ4n) is 2.43. The summed E-state index contributed by atoms with van der Waals surface area (Å²) in [4.78, 5) is 0. The quantitative estimate of drug-likeness (QED) is 0.611. The molecule has 15 heavy (non-hydrogen) atoms. The average Bonchev–Trinajstić information content (AvgIpc) is 2.44. The van der Waals surface area contributed by atoms with Crippen LogP contribution in [0.3, 0.4) is 0 Å². The minimum absolute atomic E-state index is 0.0449. The predicted molar refractivity (Wildman–Crippen MR) is 55.2 cm³/mol. The van der Waals surface area contributed by atoms with Gasteiger partial charge in [-0.25, -0.2) is 8.42 Å². The van der Waals surface area contributed by atoms with Gasteiger partial charge in [-0.15, -0.1) is 0 Å². The molecule has 0 bridgehead atoms. The first kappa shape index (κ1) is 11.3. The molecule has 2 saturated heterocycles. The Morgan fingerprint density at radius 1 is 1.20 bits per heavy atom. The molecule has 0 radical (unpaired) electrons. The van der Waals surface area contributed by atoms with E-state index in [1.165, 1.54) is 0 Å². The van der Waals surface area contributed by atoms with E-state index in [-0.39, 0.29) is 17.9 Å². The Morgan fingerprint density at radius 2 is 1.80 bits per heavy atom. The first-order chi connectivity index (χ1) is 6.87. The van der Waals surface area contributed by atoms with Crippen LogP contribution in [-0.4, -0.2) is 49.4 Å². The van der Waals surface area contributed by atoms with Crippen LogP contribution >= 0.6 is 0 Å². The van der Waals surface area contributed by atoms with Gasteiger partial charge in [-0.3, -0.25) is 0 Å². The number of nitrogens with two attached hydrogens (primary N) is 1. The smallest absolute Gasteiger partial charge is 0.153 e. The molecule has 0 aromatic heterocycles. The van der Waals surface area contributed by atoms with E-state index in [0.717, 1.165) is 0 Å². The molecular formula is C9H17NO4S. The minimum Gasteiger partial charge on any atom is -0.387 e. The van der Waals surface area contributed by atoms with Crippen molar-refractivity contribution >= 4 is 9.84 Å². The maximum absolute atomic E-state index is 11.4. The van der Waals surface area contributed by atoms with Crippen molar-refractivity contribution in [1.29, 1.82) is 0 Å². The summed E-state index contributed by atoms with van der Waals surface area (Å²) in [6, 6.07) is 0. The van der Waals surface area contributed by atoms with Crippen LogP contribution < -0.4 is 5.73 Å². The number of hydrogen-bond donors (Lipinski definition) is 2. The van der Waals surface area contributed by atoms with E-state index in [1.54, 1.807) is 0 Å². The van der Waals surface area contributed by atoms with E-state index in [0.29, 0.717) is 26.1 Å². The molecule has 2 rings (SSSR count). The molecule has 1 unspecified atom stereocenters. The van der Waals surface area contributed by atoms with Gasteiger partial charge in [0.25, 0.3) is 0 Å². The van der Waals surface area contributed by atoms with Crippen molar-refractivity contribution in [3.8, 4) is 0 Å². The van der Waals surface area contributed by atoms with Gasteiger partial charge in [0.2, 0.25) is 0 Å². The lowest BCUT2D eigenvalue weighted by atomic mass is 9.74. The highest BCUT2D eigenvalue weighted by Crippen LogP contribution is 2.37. The van der Waals surface area contributed by atoms with E-state index in [9.17, 15) is 13.5 Å². The van der Waals surface area contributed by atoms with Crippen LogP contribution in [0.15, 0.2) is 0 Å². The van der Waals surface area contributed by atoms with Crippen molar-refractivity contribution in [3.63, 3.8) is 0 Å². The lowest BCUT2D eigenvalue weighted by Gasteiger charge is -2.44. The monoisotopic (exact) mass is 235 g/mol. The summed E-state index contributed by atoms with van der Waals surface area (Å²) in [6.45, 7) is 0.998. The van der Waals surface area contributed by atoms with Gasteiger partial charge in [0.05, 0.1) is 22.6 Å². The molecule has 6 heteroatoms. The largest absolute Gasteiger partial charge is 0.387 e. The van der Waals surface area contributed by atoms with Crippen molar-refractivity contribution in [3.05, 3.63) is 0 Å². The van der Waals surface area contributed by atoms with E-state index in [1.807, 2.05) is 0 Å². The van der Waals surface area contributed by atoms with Crippen molar-refractivity contribution in [2.75, 3.05) is 24.7 Å².